The van der Waals surface area contributed by atoms with Gasteiger partial charge in [-0.3, -0.25) is 9.20 Å². The third-order valence-electron chi connectivity index (χ3n) is 3.08. The van der Waals surface area contributed by atoms with Crippen LogP contribution in [0.4, 0.5) is 5.69 Å². The summed E-state index contributed by atoms with van der Waals surface area (Å²) >= 11 is 1.59. The molecule has 0 saturated carbocycles. The lowest BCUT2D eigenvalue weighted by atomic mass is 10.1. The summed E-state index contributed by atoms with van der Waals surface area (Å²) in [5, 5.41) is 4.96. The maximum absolute atomic E-state index is 11.9. The molecule has 0 radical (unpaired) electrons. The lowest BCUT2D eigenvalue weighted by molar-refractivity contribution is -0.118. The molecule has 0 atom stereocenters. The number of para-hydroxylation sites is 1. The van der Waals surface area contributed by atoms with Crippen LogP contribution in [0, 0.1) is 5.92 Å². The molecule has 0 saturated heterocycles. The van der Waals surface area contributed by atoms with E-state index in [1.807, 2.05) is 60.3 Å². The number of anilines is 1. The Morgan fingerprint density at radius 2 is 2.15 bits per heavy atom. The van der Waals surface area contributed by atoms with Crippen molar-refractivity contribution in [2.24, 2.45) is 5.92 Å². The van der Waals surface area contributed by atoms with Gasteiger partial charge in [-0.1, -0.05) is 32.0 Å². The number of aromatic nitrogens is 2. The quantitative estimate of drug-likeness (QED) is 0.798. The minimum atomic E-state index is -0.0476. The fraction of sp³-hybridized carbons (Fsp3) is 0.200. The Labute approximate surface area is 121 Å². The van der Waals surface area contributed by atoms with E-state index < -0.39 is 0 Å². The minimum absolute atomic E-state index is 0.0125. The number of fused-ring (bicyclic) bond motifs is 1. The highest BCUT2D eigenvalue weighted by atomic mass is 32.1. The average molecular weight is 285 g/mol. The number of thiazole rings is 1. The summed E-state index contributed by atoms with van der Waals surface area (Å²) in [6.07, 6.45) is 3.96. The predicted octanol–water partition coefficient (Wildman–Crippen LogP) is 3.66. The van der Waals surface area contributed by atoms with Gasteiger partial charge in [-0.2, -0.15) is 0 Å². The summed E-state index contributed by atoms with van der Waals surface area (Å²) in [5.41, 5.74) is 2.62. The molecule has 0 aliphatic heterocycles. The molecule has 0 spiro atoms. The van der Waals surface area contributed by atoms with Crippen molar-refractivity contribution in [3.63, 3.8) is 0 Å². The number of hydrogen-bond donors (Lipinski definition) is 1. The smallest absolute Gasteiger partial charge is 0.226 e. The second-order valence-electron chi connectivity index (χ2n) is 4.91. The summed E-state index contributed by atoms with van der Waals surface area (Å²) in [6.45, 7) is 3.76. The summed E-state index contributed by atoms with van der Waals surface area (Å²) in [4.78, 5) is 17.4. The maximum Gasteiger partial charge on any atom is 0.226 e. The number of carbonyl (C=O) groups is 1. The van der Waals surface area contributed by atoms with Crippen LogP contribution in [-0.4, -0.2) is 15.3 Å². The number of imidazole rings is 1. The van der Waals surface area contributed by atoms with E-state index in [4.69, 9.17) is 0 Å². The average Bonchev–Trinajstić information content (AvgIpc) is 3.00. The molecule has 0 aliphatic carbocycles. The highest BCUT2D eigenvalue weighted by Crippen LogP contribution is 2.28. The minimum Gasteiger partial charge on any atom is -0.325 e. The molecular weight excluding hydrogens is 270 g/mol. The standard InChI is InChI=1S/C15H15N3OS/c1-10(2)14(19)16-12-6-4-3-5-11(12)13-9-18-7-8-20-15(18)17-13/h3-10H,1-2H3,(H,16,19). The van der Waals surface area contributed by atoms with E-state index in [2.05, 4.69) is 10.3 Å². The molecule has 1 amide bonds. The number of benzene rings is 1. The van der Waals surface area contributed by atoms with Crippen molar-refractivity contribution in [1.82, 2.24) is 9.38 Å². The Hall–Kier alpha value is -2.14. The zero-order valence-corrected chi connectivity index (χ0v) is 12.1. The van der Waals surface area contributed by atoms with Gasteiger partial charge in [0.2, 0.25) is 5.91 Å². The Bertz CT molecular complexity index is 729. The van der Waals surface area contributed by atoms with Crippen LogP contribution in [0.25, 0.3) is 16.2 Å². The molecule has 4 nitrogen and oxygen atoms in total. The normalized spacial score (nSPS) is 11.2. The first-order chi connectivity index (χ1) is 9.65. The fourth-order valence-electron chi connectivity index (χ4n) is 1.95. The molecular formula is C15H15N3OS. The molecule has 0 unspecified atom stereocenters. The molecule has 2 aromatic heterocycles. The van der Waals surface area contributed by atoms with Crippen LogP contribution in [0.3, 0.4) is 0 Å². The van der Waals surface area contributed by atoms with Crippen LogP contribution in [0.15, 0.2) is 42.0 Å². The van der Waals surface area contributed by atoms with Gasteiger partial charge in [-0.25, -0.2) is 4.98 Å². The van der Waals surface area contributed by atoms with Crippen molar-refractivity contribution in [2.75, 3.05) is 5.32 Å². The lowest BCUT2D eigenvalue weighted by Gasteiger charge is -2.11. The summed E-state index contributed by atoms with van der Waals surface area (Å²) in [6, 6.07) is 7.75. The molecule has 5 heteroatoms. The van der Waals surface area contributed by atoms with Crippen molar-refractivity contribution in [2.45, 2.75) is 13.8 Å². The molecule has 0 bridgehead atoms. The van der Waals surface area contributed by atoms with Crippen LogP contribution in [0.1, 0.15) is 13.8 Å². The van der Waals surface area contributed by atoms with Crippen molar-refractivity contribution >= 4 is 27.9 Å². The Balaban J connectivity index is 2.01. The maximum atomic E-state index is 11.9. The van der Waals surface area contributed by atoms with Crippen LogP contribution in [-0.2, 0) is 4.79 Å². The van der Waals surface area contributed by atoms with Crippen LogP contribution in [0.2, 0.25) is 0 Å². The summed E-state index contributed by atoms with van der Waals surface area (Å²) in [7, 11) is 0. The molecule has 1 aromatic carbocycles. The van der Waals surface area contributed by atoms with E-state index in [1.54, 1.807) is 11.3 Å². The number of nitrogens with zero attached hydrogens (tertiary/aromatic N) is 2. The second kappa shape index (κ2) is 5.09. The first-order valence-corrected chi connectivity index (χ1v) is 7.35. The van der Waals surface area contributed by atoms with E-state index in [9.17, 15) is 4.79 Å². The van der Waals surface area contributed by atoms with E-state index in [-0.39, 0.29) is 11.8 Å². The van der Waals surface area contributed by atoms with E-state index >= 15 is 0 Å². The van der Waals surface area contributed by atoms with E-state index in [0.29, 0.717) is 0 Å². The first-order valence-electron chi connectivity index (χ1n) is 6.47. The predicted molar refractivity (Wildman–Crippen MR) is 82.0 cm³/mol. The largest absolute Gasteiger partial charge is 0.325 e. The van der Waals surface area contributed by atoms with Crippen molar-refractivity contribution < 1.29 is 4.79 Å². The summed E-state index contributed by atoms with van der Waals surface area (Å²) in [5.74, 6) is -0.0352. The Morgan fingerprint density at radius 3 is 2.90 bits per heavy atom. The lowest BCUT2D eigenvalue weighted by Crippen LogP contribution is -2.18. The Morgan fingerprint density at radius 1 is 1.35 bits per heavy atom. The number of amides is 1. The zero-order valence-electron chi connectivity index (χ0n) is 11.3. The number of nitrogens with one attached hydrogen (secondary N) is 1. The molecule has 0 fully saturated rings. The monoisotopic (exact) mass is 285 g/mol. The third kappa shape index (κ3) is 2.32. The van der Waals surface area contributed by atoms with E-state index in [1.165, 1.54) is 0 Å². The SMILES string of the molecule is CC(C)C(=O)Nc1ccccc1-c1cn2ccsc2n1. The zero-order chi connectivity index (χ0) is 14.1. The van der Waals surface area contributed by atoms with Gasteiger partial charge in [-0.15, -0.1) is 11.3 Å². The van der Waals surface area contributed by atoms with Gasteiger partial charge >= 0.3 is 0 Å². The van der Waals surface area contributed by atoms with Gasteiger partial charge in [0.1, 0.15) is 0 Å². The Kier molecular flexibility index (Phi) is 3.28. The van der Waals surface area contributed by atoms with Crippen LogP contribution in [0.5, 0.6) is 0 Å². The van der Waals surface area contributed by atoms with Gasteiger partial charge < -0.3 is 5.32 Å². The molecule has 0 aliphatic rings. The van der Waals surface area contributed by atoms with E-state index in [0.717, 1.165) is 21.9 Å². The van der Waals surface area contributed by atoms with Gasteiger partial charge in [0.05, 0.1) is 11.4 Å². The first kappa shape index (κ1) is 12.9. The molecule has 3 rings (SSSR count). The van der Waals surface area contributed by atoms with Crippen molar-refractivity contribution in [3.8, 4) is 11.3 Å². The summed E-state index contributed by atoms with van der Waals surface area (Å²) < 4.78 is 1.99. The fourth-order valence-corrected chi connectivity index (χ4v) is 2.65. The van der Waals surface area contributed by atoms with Gasteiger partial charge in [0, 0.05) is 29.3 Å². The van der Waals surface area contributed by atoms with Gasteiger partial charge in [-0.05, 0) is 6.07 Å². The number of carbonyl (C=O) groups excluding carboxylic acids is 1. The molecule has 102 valence electrons. The number of hydrogen-bond acceptors (Lipinski definition) is 3. The van der Waals surface area contributed by atoms with Crippen LogP contribution >= 0.6 is 11.3 Å². The molecule has 20 heavy (non-hydrogen) atoms. The third-order valence-corrected chi connectivity index (χ3v) is 3.85. The van der Waals surface area contributed by atoms with Gasteiger partial charge in [0.15, 0.2) is 4.96 Å². The topological polar surface area (TPSA) is 46.4 Å². The molecule has 3 aromatic rings. The number of rotatable bonds is 3. The highest BCUT2D eigenvalue weighted by molar-refractivity contribution is 7.15. The van der Waals surface area contributed by atoms with Crippen LogP contribution < -0.4 is 5.32 Å². The molecule has 2 heterocycles. The van der Waals surface area contributed by atoms with Gasteiger partial charge in [0.25, 0.3) is 0 Å². The second-order valence-corrected chi connectivity index (χ2v) is 5.78. The molecule has 1 N–H and O–H groups in total. The van der Waals surface area contributed by atoms with Crippen molar-refractivity contribution in [1.29, 1.82) is 0 Å². The highest BCUT2D eigenvalue weighted by Gasteiger charge is 2.13. The van der Waals surface area contributed by atoms with Crippen molar-refractivity contribution in [3.05, 3.63) is 42.0 Å².